The fourth-order valence-electron chi connectivity index (χ4n) is 7.74. The molecule has 0 aliphatic carbocycles. The van der Waals surface area contributed by atoms with Crippen molar-refractivity contribution in [1.82, 2.24) is 14.5 Å². The van der Waals surface area contributed by atoms with Crippen LogP contribution in [-0.2, 0) is 25.8 Å². The van der Waals surface area contributed by atoms with E-state index in [1.165, 1.54) is 0 Å². The van der Waals surface area contributed by atoms with Crippen LogP contribution in [-0.4, -0.2) is 14.5 Å². The summed E-state index contributed by atoms with van der Waals surface area (Å²) in [6, 6.07) is 62.9. The molecule has 53 heavy (non-hydrogen) atoms. The van der Waals surface area contributed by atoms with E-state index in [9.17, 15) is 0 Å². The number of benzene rings is 6. The summed E-state index contributed by atoms with van der Waals surface area (Å²) in [4.78, 5) is 9.35. The number of pyridine rings is 2. The smallest absolute Gasteiger partial charge is 0.503 e. The normalized spacial score (nSPS) is 12.7. The van der Waals surface area contributed by atoms with Crippen molar-refractivity contribution in [3.8, 4) is 40.1 Å². The third kappa shape index (κ3) is 5.26. The molecule has 0 fully saturated rings. The molecule has 254 valence electrons. The summed E-state index contributed by atoms with van der Waals surface area (Å²) in [5.41, 5.74) is 7.22. The van der Waals surface area contributed by atoms with Crippen LogP contribution in [0.15, 0.2) is 176 Å². The van der Waals surface area contributed by atoms with Gasteiger partial charge in [-0.1, -0.05) is 121 Å². The number of fused-ring (bicyclic) bond motifs is 6. The van der Waals surface area contributed by atoms with Gasteiger partial charge in [-0.05, 0) is 46.5 Å². The second-order valence-corrected chi connectivity index (χ2v) is 12.8. The van der Waals surface area contributed by atoms with Gasteiger partial charge in [-0.25, -0.2) is 4.98 Å². The summed E-state index contributed by atoms with van der Waals surface area (Å²) in [6.45, 7) is 0. The zero-order chi connectivity index (χ0) is 34.5. The van der Waals surface area contributed by atoms with Crippen LogP contribution in [0.1, 0.15) is 22.3 Å². The molecule has 0 saturated carbocycles. The minimum absolute atomic E-state index is 0. The van der Waals surface area contributed by atoms with Crippen LogP contribution in [0.25, 0.3) is 38.9 Å². The first-order chi connectivity index (χ1) is 25.8. The van der Waals surface area contributed by atoms with Crippen LogP contribution in [0.4, 0.5) is 0 Å². The van der Waals surface area contributed by atoms with E-state index in [1.807, 2.05) is 72.9 Å². The zero-order valence-corrected chi connectivity index (χ0v) is 29.8. The second kappa shape index (κ2) is 13.3. The molecule has 1 aliphatic heterocycles. The van der Waals surface area contributed by atoms with Crippen LogP contribution in [0.2, 0.25) is 0 Å². The minimum Gasteiger partial charge on any atom is -0.503 e. The van der Waals surface area contributed by atoms with Crippen LogP contribution in [0.5, 0.6) is 23.0 Å². The number of rotatable bonds is 6. The van der Waals surface area contributed by atoms with Gasteiger partial charge in [0.1, 0.15) is 11.6 Å². The van der Waals surface area contributed by atoms with Gasteiger partial charge in [-0.2, -0.15) is 6.07 Å². The molecule has 0 saturated heterocycles. The molecule has 1 aliphatic rings. The third-order valence-electron chi connectivity index (χ3n) is 9.90. The van der Waals surface area contributed by atoms with E-state index in [4.69, 9.17) is 14.5 Å². The quantitative estimate of drug-likeness (QED) is 0.125. The van der Waals surface area contributed by atoms with E-state index >= 15 is 0 Å². The van der Waals surface area contributed by atoms with E-state index in [0.717, 1.165) is 72.6 Å². The standard InChI is InChI=1S/C47H29N3O2.Pd/c1-3-15-33(16-4-1)47(34-17-5-2-6-18-34)39-20-7-8-22-43(39)52-46-40(47)27-26-38-37-25-24-36(31-42(37)50(45(38)46)44-23-10-12-29-49-44)51-35-19-13-14-32(30-35)41-21-9-11-28-48-41;/h1-29H;/q-2;+2. The molecule has 9 aromatic rings. The second-order valence-electron chi connectivity index (χ2n) is 12.8. The molecule has 3 aromatic heterocycles. The molecule has 0 amide bonds. The van der Waals surface area contributed by atoms with Crippen LogP contribution >= 0.6 is 0 Å². The first kappa shape index (κ1) is 32.6. The maximum Gasteiger partial charge on any atom is 2.00 e. The van der Waals surface area contributed by atoms with Crippen LogP contribution < -0.4 is 9.47 Å². The third-order valence-corrected chi connectivity index (χ3v) is 9.90. The van der Waals surface area contributed by atoms with Gasteiger partial charge in [-0.3, -0.25) is 0 Å². The van der Waals surface area contributed by atoms with E-state index in [-0.39, 0.29) is 20.4 Å². The summed E-state index contributed by atoms with van der Waals surface area (Å²) in [5, 5.41) is 2.04. The van der Waals surface area contributed by atoms with Gasteiger partial charge in [0.05, 0.1) is 10.9 Å². The minimum atomic E-state index is -0.654. The number of hydrogen-bond donors (Lipinski definition) is 0. The Morgan fingerprint density at radius 3 is 1.96 bits per heavy atom. The molecule has 4 heterocycles. The molecule has 0 unspecified atom stereocenters. The fourth-order valence-corrected chi connectivity index (χ4v) is 7.74. The van der Waals surface area contributed by atoms with Gasteiger partial charge in [0.25, 0.3) is 0 Å². The summed E-state index contributed by atoms with van der Waals surface area (Å²) < 4.78 is 15.6. The Morgan fingerprint density at radius 1 is 0.547 bits per heavy atom. The number of hydrogen-bond acceptors (Lipinski definition) is 4. The average Bonchev–Trinajstić information content (AvgIpc) is 3.55. The van der Waals surface area contributed by atoms with Gasteiger partial charge >= 0.3 is 20.4 Å². The topological polar surface area (TPSA) is 49.2 Å². The Kier molecular flexibility index (Phi) is 8.20. The number of nitrogens with zero attached hydrogens (tertiary/aromatic N) is 3. The Hall–Kier alpha value is -6.32. The Bertz CT molecular complexity index is 2690. The first-order valence-electron chi connectivity index (χ1n) is 17.2. The van der Waals surface area contributed by atoms with Crippen molar-refractivity contribution in [3.05, 3.63) is 211 Å². The fraction of sp³-hybridized carbons (Fsp3) is 0.0213. The Balaban J connectivity index is 0.00000372. The van der Waals surface area contributed by atoms with E-state index < -0.39 is 5.41 Å². The van der Waals surface area contributed by atoms with Crippen molar-refractivity contribution in [3.63, 3.8) is 0 Å². The van der Waals surface area contributed by atoms with Gasteiger partial charge in [0.15, 0.2) is 5.75 Å². The van der Waals surface area contributed by atoms with Gasteiger partial charge < -0.3 is 19.0 Å². The molecule has 0 spiro atoms. The summed E-state index contributed by atoms with van der Waals surface area (Å²) >= 11 is 0. The Labute approximate surface area is 320 Å². The molecule has 0 N–H and O–H groups in total. The predicted octanol–water partition coefficient (Wildman–Crippen LogP) is 11.1. The maximum atomic E-state index is 7.06. The van der Waals surface area contributed by atoms with Crippen LogP contribution in [0.3, 0.4) is 0 Å². The molecule has 0 bridgehead atoms. The number of para-hydroxylation sites is 1. The van der Waals surface area contributed by atoms with Gasteiger partial charge in [0, 0.05) is 35.0 Å². The van der Waals surface area contributed by atoms with E-state index in [2.05, 4.69) is 119 Å². The van der Waals surface area contributed by atoms with Gasteiger partial charge in [0.2, 0.25) is 0 Å². The van der Waals surface area contributed by atoms with Crippen molar-refractivity contribution in [2.45, 2.75) is 5.41 Å². The largest absolute Gasteiger partial charge is 2.00 e. The maximum absolute atomic E-state index is 7.06. The average molecular weight is 774 g/mol. The number of ether oxygens (including phenoxy) is 2. The van der Waals surface area contributed by atoms with Crippen molar-refractivity contribution < 1.29 is 29.9 Å². The SMILES string of the molecule is [Pd+2].[c-]1c(Oc2[c-]c3c(cc2)c2ccc4c(c2n3-c2ccccn2)Oc2ccccc2C4(c2ccccc2)c2ccccc2)cccc1-c1ccccn1. The predicted molar refractivity (Wildman–Crippen MR) is 204 cm³/mol. The van der Waals surface area contributed by atoms with Crippen molar-refractivity contribution in [1.29, 1.82) is 0 Å². The zero-order valence-electron chi connectivity index (χ0n) is 28.2. The molecule has 6 heteroatoms. The molecular formula is C47H29N3O2Pd. The van der Waals surface area contributed by atoms with E-state index in [1.54, 1.807) is 6.20 Å². The molecule has 6 aromatic carbocycles. The summed E-state index contributed by atoms with van der Waals surface area (Å²) in [6.07, 6.45) is 3.59. The van der Waals surface area contributed by atoms with Crippen molar-refractivity contribution >= 4 is 21.8 Å². The van der Waals surface area contributed by atoms with Crippen molar-refractivity contribution in [2.24, 2.45) is 0 Å². The molecular weight excluding hydrogens is 745 g/mol. The molecule has 0 atom stereocenters. The van der Waals surface area contributed by atoms with Crippen LogP contribution in [0, 0.1) is 12.1 Å². The van der Waals surface area contributed by atoms with Crippen molar-refractivity contribution in [2.75, 3.05) is 0 Å². The molecule has 0 radical (unpaired) electrons. The van der Waals surface area contributed by atoms with E-state index in [0.29, 0.717) is 11.5 Å². The number of aromatic nitrogens is 3. The summed E-state index contributed by atoms with van der Waals surface area (Å²) in [7, 11) is 0. The summed E-state index contributed by atoms with van der Waals surface area (Å²) in [5.74, 6) is 3.47. The Morgan fingerprint density at radius 2 is 1.23 bits per heavy atom. The molecule has 10 rings (SSSR count). The molecule has 5 nitrogen and oxygen atoms in total. The monoisotopic (exact) mass is 773 g/mol. The van der Waals surface area contributed by atoms with Gasteiger partial charge in [-0.15, -0.1) is 41.3 Å². The first-order valence-corrected chi connectivity index (χ1v) is 17.2.